The molecule has 5 atom stereocenters. The fourth-order valence-corrected chi connectivity index (χ4v) is 5.77. The molecule has 9 heteroatoms. The second-order valence-corrected chi connectivity index (χ2v) is 9.40. The lowest BCUT2D eigenvalue weighted by atomic mass is 9.69. The highest BCUT2D eigenvalue weighted by molar-refractivity contribution is 6.31. The van der Waals surface area contributed by atoms with Crippen molar-refractivity contribution >= 4 is 22.9 Å². The first-order chi connectivity index (χ1) is 17.8. The third-order valence-corrected chi connectivity index (χ3v) is 7.43. The van der Waals surface area contributed by atoms with Crippen LogP contribution in [0.1, 0.15) is 44.3 Å². The van der Waals surface area contributed by atoms with E-state index < -0.39 is 46.8 Å². The van der Waals surface area contributed by atoms with E-state index >= 15 is 0 Å². The molecule has 1 saturated heterocycles. The standard InChI is InChI=1S/C28H23N3O6/c1-14(32)27-20-6-4-2-3-5-7-21(34)28(27,37-27)18-13-19(33)22-23(24(18)31-20)25(35)16-9-8-15(30-11-10-29)12-17(16)26(22)36/h2-3,8-9,12-14,20-21,30-34H,10-11,29H2,1H3/b3-2-/t14-,20?,21-,27+,28+/m1/s1. The van der Waals surface area contributed by atoms with Gasteiger partial charge in [-0.3, -0.25) is 9.59 Å². The van der Waals surface area contributed by atoms with Gasteiger partial charge in [-0.05, 0) is 43.3 Å². The van der Waals surface area contributed by atoms with E-state index in [0.29, 0.717) is 18.8 Å². The number of nitrogens with two attached hydrogens (primary N) is 1. The number of aliphatic hydroxyl groups is 2. The number of fused-ring (bicyclic) bond motifs is 4. The second kappa shape index (κ2) is 7.94. The molecular weight excluding hydrogens is 474 g/mol. The molecule has 37 heavy (non-hydrogen) atoms. The fraction of sp³-hybridized carbons (Fsp3) is 0.286. The molecule has 1 unspecified atom stereocenters. The van der Waals surface area contributed by atoms with Crippen LogP contribution in [0.15, 0.2) is 36.4 Å². The topological polar surface area (TPSA) is 157 Å². The Morgan fingerprint density at radius 2 is 1.86 bits per heavy atom. The molecule has 2 aliphatic carbocycles. The molecule has 0 radical (unpaired) electrons. The Hall–Kier alpha value is -4.12. The lowest BCUT2D eigenvalue weighted by Gasteiger charge is -2.37. The number of hydrogen-bond donors (Lipinski definition) is 6. The Kier molecular flexibility index (Phi) is 5.00. The summed E-state index contributed by atoms with van der Waals surface area (Å²) in [4.78, 5) is 27.5. The number of phenols is 1. The van der Waals surface area contributed by atoms with Gasteiger partial charge >= 0.3 is 0 Å². The molecule has 4 aliphatic rings. The molecule has 6 rings (SSSR count). The summed E-state index contributed by atoms with van der Waals surface area (Å²) in [6.45, 7) is 2.39. The minimum absolute atomic E-state index is 0.0382. The molecule has 0 saturated carbocycles. The van der Waals surface area contributed by atoms with Crippen LogP contribution in [-0.4, -0.2) is 63.8 Å². The van der Waals surface area contributed by atoms with E-state index in [1.165, 1.54) is 25.1 Å². The number of rotatable bonds is 4. The Bertz CT molecular complexity index is 1560. The number of ether oxygens (including phenoxy) is 1. The summed E-state index contributed by atoms with van der Waals surface area (Å²) < 4.78 is 6.16. The van der Waals surface area contributed by atoms with Crippen molar-refractivity contribution in [3.63, 3.8) is 0 Å². The van der Waals surface area contributed by atoms with Gasteiger partial charge in [-0.2, -0.15) is 0 Å². The van der Waals surface area contributed by atoms with Gasteiger partial charge in [0.2, 0.25) is 0 Å². The first kappa shape index (κ1) is 23.3. The van der Waals surface area contributed by atoms with Gasteiger partial charge < -0.3 is 36.4 Å². The van der Waals surface area contributed by atoms with E-state index in [1.54, 1.807) is 18.2 Å². The van der Waals surface area contributed by atoms with Crippen LogP contribution >= 0.6 is 0 Å². The summed E-state index contributed by atoms with van der Waals surface area (Å²) in [5.74, 6) is 9.83. The quantitative estimate of drug-likeness (QED) is 0.173. The van der Waals surface area contributed by atoms with Gasteiger partial charge in [0.25, 0.3) is 0 Å². The van der Waals surface area contributed by atoms with Crippen molar-refractivity contribution in [2.45, 2.75) is 36.4 Å². The normalized spacial score (nSPS) is 29.4. The van der Waals surface area contributed by atoms with Crippen LogP contribution in [-0.2, 0) is 10.3 Å². The van der Waals surface area contributed by atoms with Gasteiger partial charge in [-0.15, -0.1) is 0 Å². The van der Waals surface area contributed by atoms with E-state index in [1.807, 2.05) is 0 Å². The minimum Gasteiger partial charge on any atom is -0.507 e. The average molecular weight is 498 g/mol. The number of ketones is 2. The van der Waals surface area contributed by atoms with Gasteiger partial charge in [0.05, 0.1) is 22.9 Å². The number of epoxide rings is 1. The van der Waals surface area contributed by atoms with E-state index in [-0.39, 0.29) is 33.5 Å². The third kappa shape index (κ3) is 2.91. The highest BCUT2D eigenvalue weighted by Crippen LogP contribution is 2.67. The summed E-state index contributed by atoms with van der Waals surface area (Å²) >= 11 is 0. The average Bonchev–Trinajstić information content (AvgIpc) is 3.61. The van der Waals surface area contributed by atoms with Crippen LogP contribution in [0.25, 0.3) is 0 Å². The monoisotopic (exact) mass is 497 g/mol. The highest BCUT2D eigenvalue weighted by atomic mass is 16.7. The molecule has 2 aromatic carbocycles. The van der Waals surface area contributed by atoms with Crippen molar-refractivity contribution < 1.29 is 29.6 Å². The number of benzene rings is 2. The SMILES string of the molecule is C[C@@H](O)[C@@]12O[C@]13c1cc(O)c4c(c1NC2C#C/C=C\C#C[C@H]3O)C(=O)c1ccc(NCCN)cc1C4=O. The van der Waals surface area contributed by atoms with Crippen molar-refractivity contribution in [1.82, 2.24) is 0 Å². The molecule has 0 aromatic heterocycles. The van der Waals surface area contributed by atoms with Gasteiger partial charge in [0.1, 0.15) is 11.8 Å². The first-order valence-corrected chi connectivity index (χ1v) is 11.9. The number of allylic oxidation sites excluding steroid dienone is 2. The Morgan fingerprint density at radius 1 is 1.14 bits per heavy atom. The maximum atomic E-state index is 13.8. The molecule has 2 heterocycles. The van der Waals surface area contributed by atoms with E-state index in [9.17, 15) is 24.9 Å². The molecular formula is C28H23N3O6. The van der Waals surface area contributed by atoms with Crippen LogP contribution in [0.2, 0.25) is 0 Å². The number of hydrogen-bond acceptors (Lipinski definition) is 9. The summed E-state index contributed by atoms with van der Waals surface area (Å²) in [6, 6.07) is 5.24. The van der Waals surface area contributed by atoms with E-state index in [0.717, 1.165) is 0 Å². The smallest absolute Gasteiger partial charge is 0.198 e. The van der Waals surface area contributed by atoms with Crippen molar-refractivity contribution in [3.8, 4) is 29.4 Å². The molecule has 2 aliphatic heterocycles. The number of aromatic hydroxyl groups is 1. The van der Waals surface area contributed by atoms with Crippen LogP contribution in [0.5, 0.6) is 5.75 Å². The number of phenolic OH excluding ortho intramolecular Hbond substituents is 1. The molecule has 7 N–H and O–H groups in total. The summed E-state index contributed by atoms with van der Waals surface area (Å²) in [6.07, 6.45) is 0.463. The maximum absolute atomic E-state index is 13.8. The first-order valence-electron chi connectivity index (χ1n) is 11.9. The van der Waals surface area contributed by atoms with Crippen LogP contribution in [0, 0.1) is 23.7 Å². The van der Waals surface area contributed by atoms with Gasteiger partial charge in [0.15, 0.2) is 28.9 Å². The summed E-state index contributed by atoms with van der Waals surface area (Å²) in [5.41, 5.74) is 3.75. The zero-order valence-corrected chi connectivity index (χ0v) is 19.8. The van der Waals surface area contributed by atoms with Gasteiger partial charge in [-0.25, -0.2) is 0 Å². The number of carbonyl (C=O) groups excluding carboxylic acids is 2. The maximum Gasteiger partial charge on any atom is 0.198 e. The lowest BCUT2D eigenvalue weighted by Crippen LogP contribution is -2.54. The Labute approximate surface area is 212 Å². The largest absolute Gasteiger partial charge is 0.507 e. The summed E-state index contributed by atoms with van der Waals surface area (Å²) in [5, 5.41) is 39.4. The number of carbonyl (C=O) groups is 2. The zero-order chi connectivity index (χ0) is 26.1. The molecule has 0 amide bonds. The van der Waals surface area contributed by atoms with Crippen LogP contribution in [0.4, 0.5) is 11.4 Å². The van der Waals surface area contributed by atoms with E-state index in [4.69, 9.17) is 10.5 Å². The molecule has 186 valence electrons. The molecule has 0 spiro atoms. The Balaban J connectivity index is 1.59. The van der Waals surface area contributed by atoms with Crippen LogP contribution < -0.4 is 16.4 Å². The number of aliphatic hydroxyl groups excluding tert-OH is 2. The highest BCUT2D eigenvalue weighted by Gasteiger charge is 2.82. The van der Waals surface area contributed by atoms with Gasteiger partial charge in [-0.1, -0.05) is 23.7 Å². The fourth-order valence-electron chi connectivity index (χ4n) is 5.77. The molecule has 2 aromatic rings. The zero-order valence-electron chi connectivity index (χ0n) is 19.8. The predicted octanol–water partition coefficient (Wildman–Crippen LogP) is 0.615. The lowest BCUT2D eigenvalue weighted by molar-refractivity contribution is 0.0867. The number of anilines is 2. The minimum atomic E-state index is -1.59. The Morgan fingerprint density at radius 3 is 2.59 bits per heavy atom. The second-order valence-electron chi connectivity index (χ2n) is 9.40. The predicted molar refractivity (Wildman–Crippen MR) is 134 cm³/mol. The van der Waals surface area contributed by atoms with Crippen molar-refractivity contribution in [2.75, 3.05) is 23.7 Å². The molecule has 1 fully saturated rings. The molecule has 2 bridgehead atoms. The summed E-state index contributed by atoms with van der Waals surface area (Å²) in [7, 11) is 0. The van der Waals surface area contributed by atoms with Crippen molar-refractivity contribution in [3.05, 3.63) is 64.2 Å². The molecule has 9 nitrogen and oxygen atoms in total. The third-order valence-electron chi connectivity index (χ3n) is 7.43. The van der Waals surface area contributed by atoms with Gasteiger partial charge in [0, 0.05) is 35.5 Å². The van der Waals surface area contributed by atoms with Crippen LogP contribution in [0.3, 0.4) is 0 Å². The number of nitrogens with one attached hydrogen (secondary N) is 2. The van der Waals surface area contributed by atoms with E-state index in [2.05, 4.69) is 34.3 Å². The van der Waals surface area contributed by atoms with Crippen molar-refractivity contribution in [1.29, 1.82) is 0 Å². The van der Waals surface area contributed by atoms with Crippen molar-refractivity contribution in [2.24, 2.45) is 5.73 Å².